The van der Waals surface area contributed by atoms with Crippen LogP contribution in [0.5, 0.6) is 0 Å². The van der Waals surface area contributed by atoms with Gasteiger partial charge in [0.15, 0.2) is 16.7 Å². The molecule has 28 heavy (non-hydrogen) atoms. The number of aryl methyl sites for hydroxylation is 1. The number of ketones is 2. The first-order valence-corrected chi connectivity index (χ1v) is 11.1. The SMILES string of the molecule is CC(=O)c1c(C)[nH]c(C(=O)CSc2nnc(Cc3cccs3)n2C2CC2)c1C. The smallest absolute Gasteiger partial charge is 0.191 e. The van der Waals surface area contributed by atoms with Gasteiger partial charge in [-0.25, -0.2) is 0 Å². The summed E-state index contributed by atoms with van der Waals surface area (Å²) in [5.74, 6) is 1.18. The van der Waals surface area contributed by atoms with Crippen molar-refractivity contribution in [3.63, 3.8) is 0 Å². The van der Waals surface area contributed by atoms with Crippen LogP contribution in [-0.4, -0.2) is 37.1 Å². The number of carbonyl (C=O) groups excluding carboxylic acids is 2. The Morgan fingerprint density at radius 2 is 2.11 bits per heavy atom. The molecular weight excluding hydrogens is 392 g/mol. The number of hydrogen-bond acceptors (Lipinski definition) is 6. The highest BCUT2D eigenvalue weighted by Crippen LogP contribution is 2.39. The van der Waals surface area contributed by atoms with Crippen LogP contribution in [0.1, 0.15) is 68.6 Å². The van der Waals surface area contributed by atoms with Crippen LogP contribution >= 0.6 is 23.1 Å². The van der Waals surface area contributed by atoms with Gasteiger partial charge in [-0.2, -0.15) is 0 Å². The molecule has 0 aromatic carbocycles. The van der Waals surface area contributed by atoms with E-state index in [2.05, 4.69) is 31.2 Å². The third-order valence-corrected chi connectivity index (χ3v) is 6.78. The molecule has 1 N–H and O–H groups in total. The third kappa shape index (κ3) is 3.71. The fourth-order valence-electron chi connectivity index (χ4n) is 3.55. The standard InChI is InChI=1S/C20H22N4O2S2/c1-11-18(13(3)25)12(2)21-19(11)16(26)10-28-20-23-22-17(24(20)14-6-7-14)9-15-5-4-8-27-15/h4-5,8,14,21H,6-7,9-10H2,1-3H3. The lowest BCUT2D eigenvalue weighted by Gasteiger charge is -2.08. The maximum absolute atomic E-state index is 12.8. The van der Waals surface area contributed by atoms with Crippen LogP contribution < -0.4 is 0 Å². The summed E-state index contributed by atoms with van der Waals surface area (Å²) < 4.78 is 2.20. The van der Waals surface area contributed by atoms with E-state index in [9.17, 15) is 9.59 Å². The number of Topliss-reactive ketones (excluding diaryl/α,β-unsaturated/α-hetero) is 2. The predicted octanol–water partition coefficient (Wildman–Crippen LogP) is 4.39. The summed E-state index contributed by atoms with van der Waals surface area (Å²) in [6, 6.07) is 4.60. The highest BCUT2D eigenvalue weighted by atomic mass is 32.2. The van der Waals surface area contributed by atoms with Crippen molar-refractivity contribution >= 4 is 34.7 Å². The monoisotopic (exact) mass is 414 g/mol. The minimum absolute atomic E-state index is 0.0235. The Hall–Kier alpha value is -2.19. The molecule has 0 unspecified atom stereocenters. The van der Waals surface area contributed by atoms with Crippen molar-refractivity contribution in [1.29, 1.82) is 0 Å². The van der Waals surface area contributed by atoms with Crippen LogP contribution in [-0.2, 0) is 6.42 Å². The first-order valence-electron chi connectivity index (χ1n) is 9.28. The summed E-state index contributed by atoms with van der Waals surface area (Å²) in [5, 5.41) is 11.6. The normalized spacial score (nSPS) is 13.8. The van der Waals surface area contributed by atoms with Crippen LogP contribution in [0, 0.1) is 13.8 Å². The zero-order valence-corrected chi connectivity index (χ0v) is 17.7. The Morgan fingerprint density at radius 3 is 2.71 bits per heavy atom. The number of thiophene rings is 1. The molecule has 1 aliphatic carbocycles. The molecule has 0 radical (unpaired) electrons. The van der Waals surface area contributed by atoms with Gasteiger partial charge >= 0.3 is 0 Å². The maximum atomic E-state index is 12.8. The number of H-pyrrole nitrogens is 1. The molecule has 1 saturated carbocycles. The molecule has 0 saturated heterocycles. The van der Waals surface area contributed by atoms with Crippen molar-refractivity contribution in [3.8, 4) is 0 Å². The number of nitrogens with zero attached hydrogens (tertiary/aromatic N) is 3. The van der Waals surface area contributed by atoms with Crippen molar-refractivity contribution in [2.45, 2.75) is 51.2 Å². The molecule has 4 rings (SSSR count). The first kappa shape index (κ1) is 19.1. The van der Waals surface area contributed by atoms with Crippen molar-refractivity contribution in [1.82, 2.24) is 19.7 Å². The molecule has 0 aliphatic heterocycles. The second kappa shape index (κ2) is 7.67. The van der Waals surface area contributed by atoms with Gasteiger partial charge in [0.05, 0.1) is 11.4 Å². The highest BCUT2D eigenvalue weighted by molar-refractivity contribution is 7.99. The average Bonchev–Trinajstić information content (AvgIpc) is 3.07. The summed E-state index contributed by atoms with van der Waals surface area (Å²) in [6.45, 7) is 5.18. The zero-order chi connectivity index (χ0) is 19.8. The Balaban J connectivity index is 1.51. The largest absolute Gasteiger partial charge is 0.355 e. The lowest BCUT2D eigenvalue weighted by Crippen LogP contribution is -2.08. The molecule has 0 amide bonds. The molecule has 0 bridgehead atoms. The minimum atomic E-state index is -0.0248. The van der Waals surface area contributed by atoms with E-state index in [4.69, 9.17) is 0 Å². The number of hydrogen-bond donors (Lipinski definition) is 1. The fourth-order valence-corrected chi connectivity index (χ4v) is 5.15. The van der Waals surface area contributed by atoms with E-state index >= 15 is 0 Å². The fraction of sp³-hybridized carbons (Fsp3) is 0.400. The third-order valence-electron chi connectivity index (χ3n) is 4.96. The van der Waals surface area contributed by atoms with Gasteiger partial charge in [-0.1, -0.05) is 17.8 Å². The number of aromatic amines is 1. The van der Waals surface area contributed by atoms with Gasteiger partial charge in [0, 0.05) is 28.6 Å². The number of nitrogens with one attached hydrogen (secondary N) is 1. The Labute approximate surface area is 171 Å². The van der Waals surface area contributed by atoms with E-state index in [0.29, 0.717) is 17.3 Å². The maximum Gasteiger partial charge on any atom is 0.191 e. The van der Waals surface area contributed by atoms with Crippen LogP contribution in [0.15, 0.2) is 22.7 Å². The van der Waals surface area contributed by atoms with Gasteiger partial charge in [0.1, 0.15) is 5.82 Å². The lowest BCUT2D eigenvalue weighted by molar-refractivity contribution is 0.101. The second-order valence-electron chi connectivity index (χ2n) is 7.15. The molecule has 0 spiro atoms. The highest BCUT2D eigenvalue weighted by Gasteiger charge is 2.30. The van der Waals surface area contributed by atoms with E-state index in [1.807, 2.05) is 19.9 Å². The van der Waals surface area contributed by atoms with Gasteiger partial charge in [-0.05, 0) is 50.6 Å². The van der Waals surface area contributed by atoms with E-state index in [1.54, 1.807) is 11.3 Å². The van der Waals surface area contributed by atoms with Crippen molar-refractivity contribution < 1.29 is 9.59 Å². The van der Waals surface area contributed by atoms with E-state index in [1.165, 1.54) is 23.6 Å². The lowest BCUT2D eigenvalue weighted by atomic mass is 10.1. The van der Waals surface area contributed by atoms with Crippen LogP contribution in [0.25, 0.3) is 0 Å². The Morgan fingerprint density at radius 1 is 1.32 bits per heavy atom. The van der Waals surface area contributed by atoms with Gasteiger partial charge < -0.3 is 9.55 Å². The molecular formula is C20H22N4O2S2. The molecule has 146 valence electrons. The molecule has 6 nitrogen and oxygen atoms in total. The molecule has 8 heteroatoms. The van der Waals surface area contributed by atoms with E-state index in [0.717, 1.165) is 41.5 Å². The summed E-state index contributed by atoms with van der Waals surface area (Å²) in [6.07, 6.45) is 3.04. The molecule has 3 aromatic rings. The van der Waals surface area contributed by atoms with Gasteiger partial charge in [0.25, 0.3) is 0 Å². The van der Waals surface area contributed by atoms with Gasteiger partial charge in [-0.3, -0.25) is 9.59 Å². The van der Waals surface area contributed by atoms with Crippen LogP contribution in [0.3, 0.4) is 0 Å². The number of carbonyl (C=O) groups is 2. The second-order valence-corrected chi connectivity index (χ2v) is 9.12. The molecule has 3 heterocycles. The van der Waals surface area contributed by atoms with E-state index in [-0.39, 0.29) is 17.3 Å². The van der Waals surface area contributed by atoms with Crippen LogP contribution in [0.2, 0.25) is 0 Å². The summed E-state index contributed by atoms with van der Waals surface area (Å²) in [4.78, 5) is 28.9. The summed E-state index contributed by atoms with van der Waals surface area (Å²) >= 11 is 3.14. The Bertz CT molecular complexity index is 1030. The van der Waals surface area contributed by atoms with Crippen molar-refractivity contribution in [2.75, 3.05) is 5.75 Å². The topological polar surface area (TPSA) is 80.6 Å². The molecule has 1 fully saturated rings. The Kier molecular flexibility index (Phi) is 5.25. The number of rotatable bonds is 8. The summed E-state index contributed by atoms with van der Waals surface area (Å²) in [7, 11) is 0. The van der Waals surface area contributed by atoms with Gasteiger partial charge in [0.2, 0.25) is 0 Å². The van der Waals surface area contributed by atoms with Crippen molar-refractivity contribution in [3.05, 3.63) is 50.7 Å². The molecule has 1 aliphatic rings. The number of thioether (sulfide) groups is 1. The molecule has 3 aromatic heterocycles. The number of aromatic nitrogens is 4. The van der Waals surface area contributed by atoms with Crippen LogP contribution in [0.4, 0.5) is 0 Å². The average molecular weight is 415 g/mol. The molecule has 0 atom stereocenters. The van der Waals surface area contributed by atoms with Crippen molar-refractivity contribution in [2.24, 2.45) is 0 Å². The quantitative estimate of drug-likeness (QED) is 0.437. The van der Waals surface area contributed by atoms with E-state index < -0.39 is 0 Å². The van der Waals surface area contributed by atoms with Gasteiger partial charge in [-0.15, -0.1) is 21.5 Å². The minimum Gasteiger partial charge on any atom is -0.355 e. The predicted molar refractivity (Wildman–Crippen MR) is 111 cm³/mol. The first-order chi connectivity index (χ1) is 13.5. The summed E-state index contributed by atoms with van der Waals surface area (Å²) in [5.41, 5.74) is 2.62. The zero-order valence-electron chi connectivity index (χ0n) is 16.1.